The number of rotatable bonds is 10. The van der Waals surface area contributed by atoms with Gasteiger partial charge in [-0.05, 0) is 31.2 Å². The average molecular weight is 312 g/mol. The predicted molar refractivity (Wildman–Crippen MR) is 82.0 cm³/mol. The first-order valence-corrected chi connectivity index (χ1v) is 7.11. The number of hydrogen-bond donors (Lipinski definition) is 4. The van der Waals surface area contributed by atoms with Crippen LogP contribution in [0.15, 0.2) is 18.2 Å². The van der Waals surface area contributed by atoms with Crippen LogP contribution in [0.1, 0.15) is 5.56 Å². The van der Waals surface area contributed by atoms with E-state index in [0.717, 1.165) is 5.56 Å². The molecule has 7 heteroatoms. The van der Waals surface area contributed by atoms with Crippen LogP contribution in [0.4, 0.5) is 0 Å². The Hall–Kier alpha value is -1.83. The maximum absolute atomic E-state index is 12.1. The zero-order valence-corrected chi connectivity index (χ0v) is 13.0. The number of nitrogens with one attached hydrogen (secondary N) is 2. The van der Waals surface area contributed by atoms with Gasteiger partial charge in [-0.15, -0.1) is 0 Å². The Labute approximate surface area is 130 Å². The van der Waals surface area contributed by atoms with Crippen molar-refractivity contribution in [1.29, 1.82) is 0 Å². The molecule has 0 bridgehead atoms. The molecule has 0 fully saturated rings. The summed E-state index contributed by atoms with van der Waals surface area (Å²) in [6, 6.07) is 4.09. The van der Waals surface area contributed by atoms with Crippen molar-refractivity contribution >= 4 is 5.91 Å². The highest BCUT2D eigenvalue weighted by Gasteiger charge is 2.17. The Morgan fingerprint density at radius 3 is 2.64 bits per heavy atom. The molecule has 0 saturated heterocycles. The van der Waals surface area contributed by atoms with E-state index in [9.17, 15) is 15.0 Å². The maximum Gasteiger partial charge on any atom is 0.237 e. The number of phenolic OH excluding ortho intramolecular Hbond substituents is 2. The molecule has 7 nitrogen and oxygen atoms in total. The lowest BCUT2D eigenvalue weighted by Gasteiger charge is -2.16. The van der Waals surface area contributed by atoms with Crippen LogP contribution in [0.2, 0.25) is 0 Å². The number of methoxy groups -OCH3 is 1. The number of phenols is 2. The topological polar surface area (TPSA) is 100 Å². The minimum absolute atomic E-state index is 0.148. The van der Waals surface area contributed by atoms with Crippen LogP contribution in [0.25, 0.3) is 0 Å². The molecule has 1 unspecified atom stereocenters. The summed E-state index contributed by atoms with van der Waals surface area (Å²) in [5.41, 5.74) is 0.751. The van der Waals surface area contributed by atoms with Gasteiger partial charge in [-0.1, -0.05) is 6.07 Å². The smallest absolute Gasteiger partial charge is 0.237 e. The van der Waals surface area contributed by atoms with E-state index in [1.807, 2.05) is 0 Å². The van der Waals surface area contributed by atoms with Crippen LogP contribution in [0.5, 0.6) is 11.5 Å². The van der Waals surface area contributed by atoms with Gasteiger partial charge in [0.05, 0.1) is 25.9 Å². The van der Waals surface area contributed by atoms with Crippen molar-refractivity contribution in [3.8, 4) is 11.5 Å². The van der Waals surface area contributed by atoms with Crippen LogP contribution >= 0.6 is 0 Å². The first kappa shape index (κ1) is 18.2. The molecule has 0 aromatic heterocycles. The third-order valence-corrected chi connectivity index (χ3v) is 3.12. The van der Waals surface area contributed by atoms with Gasteiger partial charge in [-0.3, -0.25) is 4.79 Å². The number of ether oxygens (including phenoxy) is 2. The monoisotopic (exact) mass is 312 g/mol. The Morgan fingerprint density at radius 2 is 2.00 bits per heavy atom. The molecule has 1 atom stereocenters. The first-order valence-electron chi connectivity index (χ1n) is 7.11. The zero-order chi connectivity index (χ0) is 16.4. The Morgan fingerprint density at radius 1 is 1.23 bits per heavy atom. The molecule has 1 aromatic rings. The summed E-state index contributed by atoms with van der Waals surface area (Å²) in [6.45, 7) is 1.86. The minimum Gasteiger partial charge on any atom is -0.504 e. The van der Waals surface area contributed by atoms with Crippen LogP contribution in [-0.2, 0) is 20.7 Å². The predicted octanol–water partition coefficient (Wildman–Crippen LogP) is 0.00750. The number of benzene rings is 1. The van der Waals surface area contributed by atoms with Gasteiger partial charge in [-0.25, -0.2) is 0 Å². The largest absolute Gasteiger partial charge is 0.504 e. The molecular formula is C15H24N2O5. The molecule has 1 rings (SSSR count). The number of carbonyl (C=O) groups excluding carboxylic acids is 1. The van der Waals surface area contributed by atoms with Gasteiger partial charge in [-0.2, -0.15) is 0 Å². The van der Waals surface area contributed by atoms with E-state index in [1.165, 1.54) is 12.1 Å². The van der Waals surface area contributed by atoms with E-state index >= 15 is 0 Å². The molecule has 0 saturated carbocycles. The molecule has 1 amide bonds. The van der Waals surface area contributed by atoms with E-state index in [-0.39, 0.29) is 17.4 Å². The van der Waals surface area contributed by atoms with Crippen molar-refractivity contribution in [2.75, 3.05) is 40.5 Å². The third-order valence-electron chi connectivity index (χ3n) is 3.12. The fourth-order valence-corrected chi connectivity index (χ4v) is 1.87. The third kappa shape index (κ3) is 6.30. The minimum atomic E-state index is -0.428. The molecule has 1 aromatic carbocycles. The normalized spacial score (nSPS) is 12.1. The molecule has 0 aliphatic heterocycles. The maximum atomic E-state index is 12.1. The van der Waals surface area contributed by atoms with Crippen molar-refractivity contribution in [2.24, 2.45) is 0 Å². The van der Waals surface area contributed by atoms with Crippen LogP contribution in [0, 0.1) is 0 Å². The second-order valence-corrected chi connectivity index (χ2v) is 4.76. The summed E-state index contributed by atoms with van der Waals surface area (Å²) in [5.74, 6) is -0.521. The lowest BCUT2D eigenvalue weighted by atomic mass is 10.0. The van der Waals surface area contributed by atoms with Crippen LogP contribution < -0.4 is 10.6 Å². The highest BCUT2D eigenvalue weighted by atomic mass is 16.5. The van der Waals surface area contributed by atoms with Gasteiger partial charge in [0.15, 0.2) is 11.5 Å². The summed E-state index contributed by atoms with van der Waals surface area (Å²) in [4.78, 5) is 12.1. The Balaban J connectivity index is 2.39. The van der Waals surface area contributed by atoms with Crippen molar-refractivity contribution < 1.29 is 24.5 Å². The van der Waals surface area contributed by atoms with Gasteiger partial charge in [0.1, 0.15) is 0 Å². The quantitative estimate of drug-likeness (QED) is 0.359. The molecular weight excluding hydrogens is 288 g/mol. The van der Waals surface area contributed by atoms with Crippen LogP contribution in [0.3, 0.4) is 0 Å². The molecule has 0 aliphatic rings. The highest BCUT2D eigenvalue weighted by molar-refractivity contribution is 5.82. The summed E-state index contributed by atoms with van der Waals surface area (Å²) in [5, 5.41) is 24.5. The lowest BCUT2D eigenvalue weighted by molar-refractivity contribution is -0.123. The molecule has 0 radical (unpaired) electrons. The Kier molecular flexibility index (Phi) is 8.27. The molecule has 4 N–H and O–H groups in total. The summed E-state index contributed by atoms with van der Waals surface area (Å²) in [6.07, 6.45) is 0.403. The molecule has 124 valence electrons. The fraction of sp³-hybridized carbons (Fsp3) is 0.533. The fourth-order valence-electron chi connectivity index (χ4n) is 1.87. The lowest BCUT2D eigenvalue weighted by Crippen LogP contribution is -2.45. The number of amides is 1. The van der Waals surface area contributed by atoms with E-state index in [2.05, 4.69) is 10.6 Å². The average Bonchev–Trinajstić information content (AvgIpc) is 2.51. The second kappa shape index (κ2) is 9.99. The van der Waals surface area contributed by atoms with Gasteiger partial charge in [0.2, 0.25) is 5.91 Å². The Bertz CT molecular complexity index is 467. The van der Waals surface area contributed by atoms with Gasteiger partial charge in [0, 0.05) is 13.7 Å². The van der Waals surface area contributed by atoms with Crippen molar-refractivity contribution in [1.82, 2.24) is 10.6 Å². The van der Waals surface area contributed by atoms with Gasteiger partial charge in [0.25, 0.3) is 0 Å². The number of carbonyl (C=O) groups is 1. The van der Waals surface area contributed by atoms with E-state index in [4.69, 9.17) is 9.47 Å². The van der Waals surface area contributed by atoms with Crippen molar-refractivity contribution in [2.45, 2.75) is 12.5 Å². The van der Waals surface area contributed by atoms with E-state index in [1.54, 1.807) is 20.2 Å². The highest BCUT2D eigenvalue weighted by Crippen LogP contribution is 2.25. The summed E-state index contributed by atoms with van der Waals surface area (Å²) < 4.78 is 10.1. The van der Waals surface area contributed by atoms with Crippen LogP contribution in [-0.4, -0.2) is 62.7 Å². The molecule has 0 spiro atoms. The molecule has 22 heavy (non-hydrogen) atoms. The number of aromatic hydroxyl groups is 2. The number of hydrogen-bond acceptors (Lipinski definition) is 6. The van der Waals surface area contributed by atoms with Gasteiger partial charge >= 0.3 is 0 Å². The molecule has 0 aliphatic carbocycles. The van der Waals surface area contributed by atoms with Crippen molar-refractivity contribution in [3.63, 3.8) is 0 Å². The summed E-state index contributed by atoms with van der Waals surface area (Å²) in [7, 11) is 3.30. The second-order valence-electron chi connectivity index (χ2n) is 4.76. The molecule has 0 heterocycles. The van der Waals surface area contributed by atoms with E-state index in [0.29, 0.717) is 32.8 Å². The zero-order valence-electron chi connectivity index (χ0n) is 13.0. The van der Waals surface area contributed by atoms with Crippen molar-refractivity contribution in [3.05, 3.63) is 23.8 Å². The first-order chi connectivity index (χ1) is 10.6. The van der Waals surface area contributed by atoms with E-state index < -0.39 is 6.04 Å². The SMILES string of the molecule is CNC(Cc1ccc(O)c(O)c1)C(=O)NCCOCCOC. The summed E-state index contributed by atoms with van der Waals surface area (Å²) >= 11 is 0. The van der Waals surface area contributed by atoms with Gasteiger partial charge < -0.3 is 30.3 Å². The number of likely N-dealkylation sites (N-methyl/N-ethyl adjacent to an activating group) is 1. The standard InChI is InChI=1S/C15H24N2O5/c1-16-12(9-11-3-4-13(18)14(19)10-11)15(20)17-5-6-22-8-7-21-2/h3-4,10,12,16,18-19H,5-9H2,1-2H3,(H,17,20).